The normalized spacial score (nSPS) is 12.8. The lowest BCUT2D eigenvalue weighted by atomic mass is 10.2. The van der Waals surface area contributed by atoms with Crippen molar-refractivity contribution in [2.75, 3.05) is 25.2 Å². The second-order valence-corrected chi connectivity index (χ2v) is 3.84. The van der Waals surface area contributed by atoms with E-state index in [1.165, 1.54) is 6.42 Å². The quantitative estimate of drug-likeness (QED) is 0.722. The van der Waals surface area contributed by atoms with Crippen LogP contribution in [0.3, 0.4) is 0 Å². The lowest BCUT2D eigenvalue weighted by Crippen LogP contribution is -2.03. The van der Waals surface area contributed by atoms with E-state index in [0.29, 0.717) is 6.79 Å². The van der Waals surface area contributed by atoms with Crippen LogP contribution in [0.5, 0.6) is 11.5 Å². The van der Waals surface area contributed by atoms with E-state index in [1.807, 2.05) is 18.2 Å². The first kappa shape index (κ1) is 11.1. The molecule has 1 aromatic rings. The van der Waals surface area contributed by atoms with Gasteiger partial charge in [0.25, 0.3) is 0 Å². The Bertz CT molecular complexity index is 342. The first-order valence-electron chi connectivity index (χ1n) is 5.74. The van der Waals surface area contributed by atoms with Crippen molar-refractivity contribution < 1.29 is 9.47 Å². The maximum Gasteiger partial charge on any atom is 0.231 e. The van der Waals surface area contributed by atoms with Gasteiger partial charge in [0.2, 0.25) is 6.79 Å². The molecule has 0 saturated carbocycles. The van der Waals surface area contributed by atoms with Gasteiger partial charge in [-0.15, -0.1) is 0 Å². The van der Waals surface area contributed by atoms with Crippen molar-refractivity contribution in [3.63, 3.8) is 0 Å². The minimum atomic E-state index is 0.329. The zero-order chi connectivity index (χ0) is 11.2. The molecule has 2 rings (SSSR count). The van der Waals surface area contributed by atoms with Crippen LogP contribution in [-0.2, 0) is 0 Å². The van der Waals surface area contributed by atoms with Crippen LogP contribution < -0.4 is 20.5 Å². The number of unbranched alkanes of at least 4 members (excludes halogenated alkanes) is 2. The molecule has 1 aromatic carbocycles. The van der Waals surface area contributed by atoms with Crippen LogP contribution in [0.25, 0.3) is 0 Å². The molecule has 0 bridgehead atoms. The lowest BCUT2D eigenvalue weighted by molar-refractivity contribution is 0.174. The van der Waals surface area contributed by atoms with Gasteiger partial charge in [-0.3, -0.25) is 0 Å². The molecule has 1 heterocycles. The third-order valence-electron chi connectivity index (χ3n) is 2.58. The molecule has 1 aliphatic rings. The summed E-state index contributed by atoms with van der Waals surface area (Å²) in [4.78, 5) is 0. The highest BCUT2D eigenvalue weighted by atomic mass is 16.7. The summed E-state index contributed by atoms with van der Waals surface area (Å²) in [6.07, 6.45) is 3.42. The molecule has 88 valence electrons. The summed E-state index contributed by atoms with van der Waals surface area (Å²) in [5.74, 6) is 1.65. The minimum absolute atomic E-state index is 0.329. The zero-order valence-corrected chi connectivity index (χ0v) is 9.37. The number of nitrogens with one attached hydrogen (secondary N) is 1. The van der Waals surface area contributed by atoms with Gasteiger partial charge in [-0.05, 0) is 31.5 Å². The van der Waals surface area contributed by atoms with Crippen molar-refractivity contribution in [2.24, 2.45) is 5.73 Å². The Morgan fingerprint density at radius 3 is 2.88 bits per heavy atom. The van der Waals surface area contributed by atoms with Crippen molar-refractivity contribution in [1.29, 1.82) is 0 Å². The average Bonchev–Trinajstić information content (AvgIpc) is 2.76. The molecular weight excluding hydrogens is 204 g/mol. The van der Waals surface area contributed by atoms with Gasteiger partial charge in [0.1, 0.15) is 0 Å². The Kier molecular flexibility index (Phi) is 3.88. The Morgan fingerprint density at radius 1 is 1.12 bits per heavy atom. The van der Waals surface area contributed by atoms with E-state index in [9.17, 15) is 0 Å². The van der Waals surface area contributed by atoms with Crippen LogP contribution >= 0.6 is 0 Å². The van der Waals surface area contributed by atoms with Crippen LogP contribution in [0.4, 0.5) is 5.69 Å². The molecule has 0 radical (unpaired) electrons. The predicted octanol–water partition coefficient (Wildman–Crippen LogP) is 1.96. The molecular formula is C12H18N2O2. The minimum Gasteiger partial charge on any atom is -0.454 e. The fraction of sp³-hybridized carbons (Fsp3) is 0.500. The van der Waals surface area contributed by atoms with Crippen molar-refractivity contribution in [3.05, 3.63) is 18.2 Å². The van der Waals surface area contributed by atoms with Crippen molar-refractivity contribution >= 4 is 5.69 Å². The predicted molar refractivity (Wildman–Crippen MR) is 64.0 cm³/mol. The number of hydrogen-bond acceptors (Lipinski definition) is 4. The van der Waals surface area contributed by atoms with Gasteiger partial charge in [-0.1, -0.05) is 6.42 Å². The van der Waals surface area contributed by atoms with Crippen molar-refractivity contribution in [3.8, 4) is 11.5 Å². The molecule has 0 aliphatic carbocycles. The Hall–Kier alpha value is -1.42. The summed E-state index contributed by atoms with van der Waals surface area (Å²) in [7, 11) is 0. The molecule has 0 fully saturated rings. The Labute approximate surface area is 95.7 Å². The van der Waals surface area contributed by atoms with Gasteiger partial charge in [0.15, 0.2) is 11.5 Å². The average molecular weight is 222 g/mol. The number of hydrogen-bond donors (Lipinski definition) is 2. The highest BCUT2D eigenvalue weighted by Crippen LogP contribution is 2.34. The fourth-order valence-corrected chi connectivity index (χ4v) is 1.69. The lowest BCUT2D eigenvalue weighted by Gasteiger charge is -2.06. The molecule has 4 nitrogen and oxygen atoms in total. The molecule has 0 atom stereocenters. The SMILES string of the molecule is NCCCCCNc1ccc2c(c1)OCO2. The van der Waals surface area contributed by atoms with Crippen LogP contribution in [0, 0.1) is 0 Å². The second kappa shape index (κ2) is 5.61. The topological polar surface area (TPSA) is 56.5 Å². The molecule has 0 amide bonds. The highest BCUT2D eigenvalue weighted by Gasteiger charge is 2.12. The maximum absolute atomic E-state index is 5.43. The van der Waals surface area contributed by atoms with Gasteiger partial charge >= 0.3 is 0 Å². The number of rotatable bonds is 6. The van der Waals surface area contributed by atoms with E-state index < -0.39 is 0 Å². The highest BCUT2D eigenvalue weighted by molar-refractivity contribution is 5.55. The zero-order valence-electron chi connectivity index (χ0n) is 9.37. The molecule has 0 saturated heterocycles. The largest absolute Gasteiger partial charge is 0.454 e. The molecule has 16 heavy (non-hydrogen) atoms. The number of fused-ring (bicyclic) bond motifs is 1. The first-order chi connectivity index (χ1) is 7.90. The van der Waals surface area contributed by atoms with E-state index >= 15 is 0 Å². The number of benzene rings is 1. The maximum atomic E-state index is 5.43. The molecule has 4 heteroatoms. The number of anilines is 1. The van der Waals surface area contributed by atoms with Crippen molar-refractivity contribution in [2.45, 2.75) is 19.3 Å². The van der Waals surface area contributed by atoms with Crippen LogP contribution in [0.1, 0.15) is 19.3 Å². The molecule has 1 aliphatic heterocycles. The Balaban J connectivity index is 1.77. The van der Waals surface area contributed by atoms with Gasteiger partial charge in [-0.2, -0.15) is 0 Å². The fourth-order valence-electron chi connectivity index (χ4n) is 1.69. The standard InChI is InChI=1S/C12H18N2O2/c13-6-2-1-3-7-14-10-4-5-11-12(8-10)16-9-15-11/h4-5,8,14H,1-3,6-7,9,13H2. The Morgan fingerprint density at radius 2 is 2.00 bits per heavy atom. The third kappa shape index (κ3) is 2.79. The number of ether oxygens (including phenoxy) is 2. The summed E-state index contributed by atoms with van der Waals surface area (Å²) in [6, 6.07) is 5.92. The second-order valence-electron chi connectivity index (χ2n) is 3.84. The molecule has 0 unspecified atom stereocenters. The van der Waals surface area contributed by atoms with Gasteiger partial charge in [0, 0.05) is 18.3 Å². The molecule has 0 aromatic heterocycles. The van der Waals surface area contributed by atoms with E-state index in [4.69, 9.17) is 15.2 Å². The van der Waals surface area contributed by atoms with Gasteiger partial charge < -0.3 is 20.5 Å². The third-order valence-corrected chi connectivity index (χ3v) is 2.58. The molecule has 0 spiro atoms. The van der Waals surface area contributed by atoms with Crippen molar-refractivity contribution in [1.82, 2.24) is 0 Å². The summed E-state index contributed by atoms with van der Waals surface area (Å²) in [5.41, 5.74) is 6.51. The molecule has 3 N–H and O–H groups in total. The summed E-state index contributed by atoms with van der Waals surface area (Å²) < 4.78 is 10.6. The van der Waals surface area contributed by atoms with Gasteiger partial charge in [-0.25, -0.2) is 0 Å². The summed E-state index contributed by atoms with van der Waals surface area (Å²) >= 11 is 0. The van der Waals surface area contributed by atoms with E-state index in [0.717, 1.165) is 43.1 Å². The van der Waals surface area contributed by atoms with E-state index in [2.05, 4.69) is 5.32 Å². The first-order valence-corrected chi connectivity index (χ1v) is 5.74. The van der Waals surface area contributed by atoms with E-state index in [-0.39, 0.29) is 0 Å². The summed E-state index contributed by atoms with van der Waals surface area (Å²) in [6.45, 7) is 2.08. The smallest absolute Gasteiger partial charge is 0.231 e. The van der Waals surface area contributed by atoms with E-state index in [1.54, 1.807) is 0 Å². The van der Waals surface area contributed by atoms with Crippen LogP contribution in [0.15, 0.2) is 18.2 Å². The van der Waals surface area contributed by atoms with Crippen LogP contribution in [-0.4, -0.2) is 19.9 Å². The number of nitrogens with two attached hydrogens (primary N) is 1. The monoisotopic (exact) mass is 222 g/mol. The van der Waals surface area contributed by atoms with Crippen LogP contribution in [0.2, 0.25) is 0 Å². The van der Waals surface area contributed by atoms with Gasteiger partial charge in [0.05, 0.1) is 0 Å². The summed E-state index contributed by atoms with van der Waals surface area (Å²) in [5, 5.41) is 3.36.